The molecule has 2 aromatic rings. The number of hydrogen-bond acceptors (Lipinski definition) is 2. The molecule has 0 saturated carbocycles. The third-order valence-electron chi connectivity index (χ3n) is 3.16. The second-order valence-corrected chi connectivity index (χ2v) is 5.84. The van der Waals surface area contributed by atoms with Gasteiger partial charge < -0.3 is 15.4 Å². The largest absolute Gasteiger partial charge is 0.573 e. The third kappa shape index (κ3) is 5.73. The summed E-state index contributed by atoms with van der Waals surface area (Å²) in [5, 5.41) is 6.08. The molecular weight excluding hydrogens is 337 g/mol. The van der Waals surface area contributed by atoms with Crippen molar-refractivity contribution in [3.05, 3.63) is 54.1 Å². The van der Waals surface area contributed by atoms with Crippen molar-refractivity contribution in [3.8, 4) is 5.75 Å². The molecule has 0 fully saturated rings. The lowest BCUT2D eigenvalue weighted by molar-refractivity contribution is -0.274. The van der Waals surface area contributed by atoms with Crippen molar-refractivity contribution >= 4 is 28.7 Å². The lowest BCUT2D eigenvalue weighted by Crippen LogP contribution is -2.20. The summed E-state index contributed by atoms with van der Waals surface area (Å²) in [7, 11) is 0. The molecule has 0 radical (unpaired) electrons. The van der Waals surface area contributed by atoms with E-state index in [1.54, 1.807) is 6.07 Å². The fourth-order valence-corrected chi connectivity index (χ4v) is 2.25. The molecule has 0 unspecified atom stereocenters. The van der Waals surface area contributed by atoms with E-state index in [0.717, 1.165) is 5.69 Å². The fraction of sp³-hybridized carbons (Fsp3) is 0.235. The minimum Gasteiger partial charge on any atom is -0.406 e. The summed E-state index contributed by atoms with van der Waals surface area (Å²) in [6, 6.07) is 13.3. The Kier molecular flexibility index (Phi) is 5.66. The predicted octanol–water partition coefficient (Wildman–Crippen LogP) is 5.52. The molecule has 24 heavy (non-hydrogen) atoms. The molecule has 0 amide bonds. The second-order valence-electron chi connectivity index (χ2n) is 5.43. The minimum absolute atomic E-state index is 0.274. The van der Waals surface area contributed by atoms with Crippen molar-refractivity contribution in [2.45, 2.75) is 26.1 Å². The van der Waals surface area contributed by atoms with Gasteiger partial charge in [0.2, 0.25) is 0 Å². The van der Waals surface area contributed by atoms with Gasteiger partial charge in [0.1, 0.15) is 5.75 Å². The van der Waals surface area contributed by atoms with Gasteiger partial charge in [-0.3, -0.25) is 0 Å². The van der Waals surface area contributed by atoms with Crippen molar-refractivity contribution in [1.29, 1.82) is 0 Å². The van der Waals surface area contributed by atoms with Crippen molar-refractivity contribution in [1.82, 2.24) is 0 Å². The van der Waals surface area contributed by atoms with Gasteiger partial charge in [-0.2, -0.15) is 0 Å². The molecule has 0 atom stereocenters. The molecule has 2 aromatic carbocycles. The lowest BCUT2D eigenvalue weighted by atomic mass is 10.0. The number of halogens is 3. The van der Waals surface area contributed by atoms with Crippen molar-refractivity contribution in [2.75, 3.05) is 10.6 Å². The SMILES string of the molecule is CC(C)c1ccc(NC(=S)Nc2cccc(OC(F)(F)F)c2)cc1. The standard InChI is InChI=1S/C17H17F3N2OS/c1-11(2)12-6-8-13(9-7-12)21-16(24)22-14-4-3-5-15(10-14)23-17(18,19)20/h3-11H,1-2H3,(H2,21,22,24). The van der Waals surface area contributed by atoms with Gasteiger partial charge in [0, 0.05) is 17.4 Å². The van der Waals surface area contributed by atoms with Crippen molar-refractivity contribution < 1.29 is 17.9 Å². The fourth-order valence-electron chi connectivity index (χ4n) is 2.02. The summed E-state index contributed by atoms with van der Waals surface area (Å²) in [6.45, 7) is 4.20. The first-order valence-corrected chi connectivity index (χ1v) is 7.67. The topological polar surface area (TPSA) is 33.3 Å². The predicted molar refractivity (Wildman–Crippen MR) is 93.5 cm³/mol. The number of thiocarbonyl (C=S) groups is 1. The number of anilines is 2. The maximum Gasteiger partial charge on any atom is 0.573 e. The molecule has 0 spiro atoms. The molecule has 0 bridgehead atoms. The molecule has 7 heteroatoms. The highest BCUT2D eigenvalue weighted by Gasteiger charge is 2.31. The van der Waals surface area contributed by atoms with E-state index in [1.807, 2.05) is 24.3 Å². The summed E-state index contributed by atoms with van der Waals surface area (Å²) < 4.78 is 40.6. The maximum absolute atomic E-state index is 12.2. The van der Waals surface area contributed by atoms with E-state index < -0.39 is 6.36 Å². The normalized spacial score (nSPS) is 11.2. The average molecular weight is 354 g/mol. The van der Waals surface area contributed by atoms with Gasteiger partial charge in [-0.25, -0.2) is 0 Å². The Balaban J connectivity index is 1.98. The number of nitrogens with one attached hydrogen (secondary N) is 2. The number of rotatable bonds is 4. The van der Waals surface area contributed by atoms with Crippen LogP contribution in [0.15, 0.2) is 48.5 Å². The van der Waals surface area contributed by atoms with Gasteiger partial charge in [0.15, 0.2) is 5.11 Å². The molecule has 0 heterocycles. The summed E-state index contributed by atoms with van der Waals surface area (Å²) in [5.41, 5.74) is 2.39. The summed E-state index contributed by atoms with van der Waals surface area (Å²) >= 11 is 5.17. The maximum atomic E-state index is 12.2. The Hall–Kier alpha value is -2.28. The molecule has 0 aromatic heterocycles. The van der Waals surface area contributed by atoms with Gasteiger partial charge in [-0.05, 0) is 48.0 Å². The zero-order valence-electron chi connectivity index (χ0n) is 13.1. The monoisotopic (exact) mass is 354 g/mol. The Bertz CT molecular complexity index is 700. The molecular formula is C17H17F3N2OS. The van der Waals surface area contributed by atoms with E-state index in [9.17, 15) is 13.2 Å². The Morgan fingerprint density at radius 1 is 1.00 bits per heavy atom. The first-order valence-electron chi connectivity index (χ1n) is 7.27. The van der Waals surface area contributed by atoms with Crippen LogP contribution in [0.2, 0.25) is 0 Å². The lowest BCUT2D eigenvalue weighted by Gasteiger charge is -2.13. The second kappa shape index (κ2) is 7.53. The Morgan fingerprint density at radius 2 is 1.62 bits per heavy atom. The summed E-state index contributed by atoms with van der Waals surface area (Å²) in [4.78, 5) is 0. The first kappa shape index (κ1) is 18.1. The highest BCUT2D eigenvalue weighted by molar-refractivity contribution is 7.80. The van der Waals surface area contributed by atoms with Crippen molar-refractivity contribution in [2.24, 2.45) is 0 Å². The van der Waals surface area contributed by atoms with Crippen LogP contribution in [0.3, 0.4) is 0 Å². The molecule has 3 nitrogen and oxygen atoms in total. The highest BCUT2D eigenvalue weighted by Crippen LogP contribution is 2.25. The van der Waals surface area contributed by atoms with Gasteiger partial charge in [-0.15, -0.1) is 13.2 Å². The zero-order valence-corrected chi connectivity index (χ0v) is 14.0. The van der Waals surface area contributed by atoms with Gasteiger partial charge in [0.05, 0.1) is 0 Å². The van der Waals surface area contributed by atoms with Crippen LogP contribution >= 0.6 is 12.2 Å². The number of hydrogen-bond donors (Lipinski definition) is 2. The van der Waals surface area contributed by atoms with Crippen LogP contribution < -0.4 is 15.4 Å². The van der Waals surface area contributed by atoms with E-state index >= 15 is 0 Å². The molecule has 0 saturated heterocycles. The van der Waals surface area contributed by atoms with Crippen LogP contribution in [0, 0.1) is 0 Å². The van der Waals surface area contributed by atoms with Crippen LogP contribution in [0.25, 0.3) is 0 Å². The Labute approximate surface area is 143 Å². The van der Waals surface area contributed by atoms with Crippen LogP contribution in [0.1, 0.15) is 25.3 Å². The van der Waals surface area contributed by atoms with Crippen LogP contribution in [-0.2, 0) is 0 Å². The van der Waals surface area contributed by atoms with Gasteiger partial charge in [-0.1, -0.05) is 32.0 Å². The van der Waals surface area contributed by atoms with E-state index in [2.05, 4.69) is 29.2 Å². The van der Waals surface area contributed by atoms with Crippen LogP contribution in [0.5, 0.6) is 5.75 Å². The van der Waals surface area contributed by atoms with E-state index in [1.165, 1.54) is 23.8 Å². The molecule has 0 aliphatic rings. The first-order chi connectivity index (χ1) is 11.2. The van der Waals surface area contributed by atoms with Crippen LogP contribution in [-0.4, -0.2) is 11.5 Å². The zero-order chi connectivity index (χ0) is 17.7. The summed E-state index contributed by atoms with van der Waals surface area (Å²) in [5.74, 6) is 0.122. The van der Waals surface area contributed by atoms with Gasteiger partial charge in [0.25, 0.3) is 0 Å². The molecule has 2 rings (SSSR count). The van der Waals surface area contributed by atoms with Crippen molar-refractivity contribution in [3.63, 3.8) is 0 Å². The molecule has 0 aliphatic heterocycles. The van der Waals surface area contributed by atoms with Crippen LogP contribution in [0.4, 0.5) is 24.5 Å². The number of benzene rings is 2. The minimum atomic E-state index is -4.73. The third-order valence-corrected chi connectivity index (χ3v) is 3.36. The van der Waals surface area contributed by atoms with E-state index in [0.29, 0.717) is 11.6 Å². The quantitative estimate of drug-likeness (QED) is 0.709. The Morgan fingerprint density at radius 3 is 2.21 bits per heavy atom. The molecule has 128 valence electrons. The number of alkyl halides is 3. The van der Waals surface area contributed by atoms with Gasteiger partial charge >= 0.3 is 6.36 Å². The highest BCUT2D eigenvalue weighted by atomic mass is 32.1. The summed E-state index contributed by atoms with van der Waals surface area (Å²) in [6.07, 6.45) is -4.73. The van der Waals surface area contributed by atoms with E-state index in [-0.39, 0.29) is 10.9 Å². The smallest absolute Gasteiger partial charge is 0.406 e. The number of ether oxygens (including phenoxy) is 1. The molecule has 2 N–H and O–H groups in total. The average Bonchev–Trinajstić information content (AvgIpc) is 2.46. The molecule has 0 aliphatic carbocycles. The van der Waals surface area contributed by atoms with E-state index in [4.69, 9.17) is 12.2 Å².